The predicted octanol–water partition coefficient (Wildman–Crippen LogP) is 2.76. The summed E-state index contributed by atoms with van der Waals surface area (Å²) >= 11 is 1.11. The number of carbonyl (C=O) groups is 1. The highest BCUT2D eigenvalue weighted by molar-refractivity contribution is 8.00. The third-order valence-electron chi connectivity index (χ3n) is 4.12. The number of thioether (sulfide) groups is 1. The van der Waals surface area contributed by atoms with E-state index in [9.17, 15) is 14.0 Å². The van der Waals surface area contributed by atoms with E-state index in [4.69, 9.17) is 0 Å². The first-order chi connectivity index (χ1) is 14.0. The minimum absolute atomic E-state index is 0.210. The molecular weight excluding hydrogens is 395 g/mol. The van der Waals surface area contributed by atoms with Gasteiger partial charge in [0.2, 0.25) is 11.9 Å². The number of hydrogen-bond donors (Lipinski definition) is 2. The van der Waals surface area contributed by atoms with Crippen LogP contribution in [-0.4, -0.2) is 35.9 Å². The van der Waals surface area contributed by atoms with Crippen molar-refractivity contribution in [3.05, 3.63) is 71.0 Å². The minimum atomic E-state index is -0.595. The van der Waals surface area contributed by atoms with Crippen LogP contribution in [0.4, 0.5) is 10.1 Å². The molecule has 0 spiro atoms. The van der Waals surface area contributed by atoms with Crippen molar-refractivity contribution in [2.75, 3.05) is 5.32 Å². The fourth-order valence-electron chi connectivity index (χ4n) is 2.67. The zero-order chi connectivity index (χ0) is 20.4. The molecule has 10 heteroatoms. The summed E-state index contributed by atoms with van der Waals surface area (Å²) in [6.07, 6.45) is 1.29. The van der Waals surface area contributed by atoms with E-state index < -0.39 is 5.25 Å². The van der Waals surface area contributed by atoms with Gasteiger partial charge in [-0.3, -0.25) is 9.59 Å². The monoisotopic (exact) mass is 410 g/mol. The quantitative estimate of drug-likeness (QED) is 0.387. The topological polar surface area (TPSA) is 106 Å². The molecular formula is C19H15FN6O2S. The lowest BCUT2D eigenvalue weighted by Crippen LogP contribution is -2.26. The number of nitrogens with one attached hydrogen (secondary N) is 2. The highest BCUT2D eigenvalue weighted by Gasteiger charge is 2.21. The number of rotatable bonds is 5. The summed E-state index contributed by atoms with van der Waals surface area (Å²) in [6.45, 7) is 1.69. The van der Waals surface area contributed by atoms with Crippen LogP contribution in [0, 0.1) is 5.82 Å². The number of amides is 1. The molecule has 4 aromatic rings. The number of hydrogen-bond acceptors (Lipinski definition) is 6. The van der Waals surface area contributed by atoms with E-state index in [2.05, 4.69) is 25.5 Å². The van der Waals surface area contributed by atoms with Gasteiger partial charge in [0.05, 0.1) is 16.2 Å². The third kappa shape index (κ3) is 3.87. The van der Waals surface area contributed by atoms with Gasteiger partial charge in [-0.15, -0.1) is 0 Å². The molecule has 4 rings (SSSR count). The SMILES string of the molecule is C[C@H](Sc1nc2ccccc2c(=O)n1-c1ncn[nH]1)C(=O)Nc1ccc(F)cc1. The number of carbonyl (C=O) groups excluding carboxylic acids is 1. The molecule has 146 valence electrons. The first-order valence-corrected chi connectivity index (χ1v) is 9.51. The zero-order valence-corrected chi connectivity index (χ0v) is 16.0. The van der Waals surface area contributed by atoms with Gasteiger partial charge in [0.15, 0.2) is 5.16 Å². The number of para-hydroxylation sites is 1. The number of benzene rings is 2. The summed E-state index contributed by atoms with van der Waals surface area (Å²) in [5, 5.41) is 9.30. The van der Waals surface area contributed by atoms with Crippen LogP contribution in [0.2, 0.25) is 0 Å². The molecule has 29 heavy (non-hydrogen) atoms. The van der Waals surface area contributed by atoms with Crippen LogP contribution in [0.3, 0.4) is 0 Å². The molecule has 0 aliphatic heterocycles. The van der Waals surface area contributed by atoms with E-state index in [1.807, 2.05) is 0 Å². The maximum Gasteiger partial charge on any atom is 0.269 e. The van der Waals surface area contributed by atoms with E-state index in [0.29, 0.717) is 21.7 Å². The van der Waals surface area contributed by atoms with Gasteiger partial charge >= 0.3 is 0 Å². The summed E-state index contributed by atoms with van der Waals surface area (Å²) in [5.41, 5.74) is 0.672. The van der Waals surface area contributed by atoms with Crippen LogP contribution in [0.25, 0.3) is 16.9 Å². The standard InChI is InChI=1S/C19H15FN6O2S/c1-11(16(27)23-13-8-6-12(20)7-9-13)29-19-24-15-5-3-2-4-14(15)17(28)26(19)18-21-10-22-25-18/h2-11H,1H3,(H,23,27)(H,21,22,25)/t11-/m0/s1. The Bertz CT molecular complexity index is 1220. The summed E-state index contributed by atoms with van der Waals surface area (Å²) in [6, 6.07) is 12.4. The smallest absolute Gasteiger partial charge is 0.269 e. The van der Waals surface area contributed by atoms with E-state index in [1.165, 1.54) is 35.2 Å². The lowest BCUT2D eigenvalue weighted by Gasteiger charge is -2.15. The first-order valence-electron chi connectivity index (χ1n) is 8.63. The van der Waals surface area contributed by atoms with Gasteiger partial charge in [-0.25, -0.2) is 19.0 Å². The van der Waals surface area contributed by atoms with Crippen molar-refractivity contribution < 1.29 is 9.18 Å². The Kier molecular flexibility index (Phi) is 5.09. The molecule has 0 saturated heterocycles. The third-order valence-corrected chi connectivity index (χ3v) is 5.17. The van der Waals surface area contributed by atoms with E-state index >= 15 is 0 Å². The Morgan fingerprint density at radius 1 is 1.21 bits per heavy atom. The molecule has 8 nitrogen and oxygen atoms in total. The molecule has 0 bridgehead atoms. The molecule has 0 radical (unpaired) electrons. The fourth-order valence-corrected chi connectivity index (χ4v) is 3.58. The second-order valence-corrected chi connectivity index (χ2v) is 7.43. The van der Waals surface area contributed by atoms with Gasteiger partial charge in [0.25, 0.3) is 5.56 Å². The number of fused-ring (bicyclic) bond motifs is 1. The van der Waals surface area contributed by atoms with Crippen molar-refractivity contribution in [2.24, 2.45) is 0 Å². The van der Waals surface area contributed by atoms with E-state index in [1.54, 1.807) is 31.2 Å². The number of H-pyrrole nitrogens is 1. The zero-order valence-electron chi connectivity index (χ0n) is 15.2. The van der Waals surface area contributed by atoms with Crippen LogP contribution < -0.4 is 10.9 Å². The molecule has 2 aromatic heterocycles. The molecule has 0 unspecified atom stereocenters. The average Bonchev–Trinajstić information content (AvgIpc) is 3.24. The lowest BCUT2D eigenvalue weighted by molar-refractivity contribution is -0.115. The maximum absolute atomic E-state index is 13.0. The second kappa shape index (κ2) is 7.84. The molecule has 0 aliphatic carbocycles. The Hall–Kier alpha value is -3.53. The number of nitrogens with zero attached hydrogens (tertiary/aromatic N) is 4. The molecule has 1 atom stereocenters. The van der Waals surface area contributed by atoms with Crippen molar-refractivity contribution >= 4 is 34.3 Å². The molecule has 0 aliphatic rings. The van der Waals surface area contributed by atoms with Crippen LogP contribution >= 0.6 is 11.8 Å². The highest BCUT2D eigenvalue weighted by Crippen LogP contribution is 2.25. The van der Waals surface area contributed by atoms with Gasteiger partial charge in [-0.05, 0) is 43.3 Å². The van der Waals surface area contributed by atoms with Crippen LogP contribution in [0.5, 0.6) is 0 Å². The second-order valence-electron chi connectivity index (χ2n) is 6.12. The fraction of sp³-hybridized carbons (Fsp3) is 0.105. The van der Waals surface area contributed by atoms with E-state index in [-0.39, 0.29) is 23.2 Å². The van der Waals surface area contributed by atoms with E-state index in [0.717, 1.165) is 11.8 Å². The van der Waals surface area contributed by atoms with Crippen molar-refractivity contribution in [1.29, 1.82) is 0 Å². The summed E-state index contributed by atoms with van der Waals surface area (Å²) in [4.78, 5) is 34.2. The number of anilines is 1. The molecule has 2 aromatic carbocycles. The highest BCUT2D eigenvalue weighted by atomic mass is 32.2. The maximum atomic E-state index is 13.0. The summed E-state index contributed by atoms with van der Waals surface area (Å²) in [5.74, 6) is -0.489. The Labute approximate surface area is 168 Å². The minimum Gasteiger partial charge on any atom is -0.325 e. The average molecular weight is 410 g/mol. The van der Waals surface area contributed by atoms with Gasteiger partial charge in [-0.2, -0.15) is 10.1 Å². The molecule has 1 amide bonds. The van der Waals surface area contributed by atoms with Gasteiger partial charge < -0.3 is 5.32 Å². The van der Waals surface area contributed by atoms with Crippen molar-refractivity contribution in [1.82, 2.24) is 24.7 Å². The largest absolute Gasteiger partial charge is 0.325 e. The number of aromatic nitrogens is 5. The van der Waals surface area contributed by atoms with Gasteiger partial charge in [0, 0.05) is 5.69 Å². The van der Waals surface area contributed by atoms with Gasteiger partial charge in [-0.1, -0.05) is 23.9 Å². The molecule has 0 saturated carbocycles. The van der Waals surface area contributed by atoms with Crippen LogP contribution in [0.1, 0.15) is 6.92 Å². The summed E-state index contributed by atoms with van der Waals surface area (Å²) < 4.78 is 14.3. The number of halogens is 1. The molecule has 2 heterocycles. The Morgan fingerprint density at radius 2 is 1.97 bits per heavy atom. The Morgan fingerprint density at radius 3 is 2.69 bits per heavy atom. The normalized spacial score (nSPS) is 12.1. The van der Waals surface area contributed by atoms with Gasteiger partial charge in [0.1, 0.15) is 12.1 Å². The summed E-state index contributed by atoms with van der Waals surface area (Å²) in [7, 11) is 0. The molecule has 2 N–H and O–H groups in total. The van der Waals surface area contributed by atoms with Crippen LogP contribution in [-0.2, 0) is 4.79 Å². The predicted molar refractivity (Wildman–Crippen MR) is 108 cm³/mol. The van der Waals surface area contributed by atoms with Crippen molar-refractivity contribution in [3.63, 3.8) is 0 Å². The molecule has 0 fully saturated rings. The van der Waals surface area contributed by atoms with Crippen molar-refractivity contribution in [3.8, 4) is 5.95 Å². The van der Waals surface area contributed by atoms with Crippen LogP contribution in [0.15, 0.2) is 64.8 Å². The number of aromatic amines is 1. The first kappa shape index (κ1) is 18.8. The van der Waals surface area contributed by atoms with Crippen molar-refractivity contribution in [2.45, 2.75) is 17.3 Å². The lowest BCUT2D eigenvalue weighted by atomic mass is 10.2. The Balaban J connectivity index is 1.67.